The van der Waals surface area contributed by atoms with Crippen molar-refractivity contribution >= 4 is 35.8 Å². The number of benzene rings is 1. The standard InChI is InChI=1S/C23H39N5O2.HI/c1-6-28-15-7-8-20(28)16-25-23(26-17-22(29)27(3)4)24-14-13-18(2)19-9-11-21(30-5)12-10-19;/h9-12,18,20H,6-8,13-17H2,1-5H3,(H2,24,25,26);1H. The van der Waals surface area contributed by atoms with Crippen LogP contribution >= 0.6 is 24.0 Å². The third-order valence-electron chi connectivity index (χ3n) is 5.84. The zero-order valence-corrected chi connectivity index (χ0v) is 22.0. The van der Waals surface area contributed by atoms with E-state index in [1.807, 2.05) is 12.1 Å². The second-order valence-corrected chi connectivity index (χ2v) is 8.15. The van der Waals surface area contributed by atoms with Gasteiger partial charge in [0, 0.05) is 33.2 Å². The summed E-state index contributed by atoms with van der Waals surface area (Å²) in [5.74, 6) is 2.01. The Morgan fingerprint density at radius 2 is 2.00 bits per heavy atom. The van der Waals surface area contributed by atoms with Gasteiger partial charge < -0.3 is 20.3 Å². The van der Waals surface area contributed by atoms with Crippen LogP contribution in [0, 0.1) is 0 Å². The fourth-order valence-electron chi connectivity index (χ4n) is 3.73. The van der Waals surface area contributed by atoms with Crippen LogP contribution in [0.25, 0.3) is 0 Å². The SMILES string of the molecule is CCN1CCCC1CNC(=NCC(=O)N(C)C)NCCC(C)c1ccc(OC)cc1.I. The minimum atomic E-state index is -0.00116. The van der Waals surface area contributed by atoms with Gasteiger partial charge in [-0.3, -0.25) is 9.69 Å². The van der Waals surface area contributed by atoms with Gasteiger partial charge in [0.2, 0.25) is 5.91 Å². The van der Waals surface area contributed by atoms with Crippen LogP contribution in [0.2, 0.25) is 0 Å². The molecule has 2 unspecified atom stereocenters. The first-order valence-corrected chi connectivity index (χ1v) is 11.0. The molecule has 1 aromatic carbocycles. The molecule has 0 spiro atoms. The molecule has 1 aromatic rings. The van der Waals surface area contributed by atoms with Crippen LogP contribution in [0.1, 0.15) is 44.6 Å². The normalized spacial score (nSPS) is 17.6. The smallest absolute Gasteiger partial charge is 0.243 e. The van der Waals surface area contributed by atoms with E-state index in [4.69, 9.17) is 4.74 Å². The second kappa shape index (κ2) is 14.5. The van der Waals surface area contributed by atoms with E-state index in [1.165, 1.54) is 24.9 Å². The molecule has 1 aliphatic rings. The van der Waals surface area contributed by atoms with Crippen molar-refractivity contribution in [2.75, 3.05) is 53.9 Å². The molecular formula is C23H40IN5O2. The summed E-state index contributed by atoms with van der Waals surface area (Å²) >= 11 is 0. The van der Waals surface area contributed by atoms with Crippen LogP contribution in [0.3, 0.4) is 0 Å². The molecule has 0 aliphatic carbocycles. The van der Waals surface area contributed by atoms with Gasteiger partial charge in [0.25, 0.3) is 0 Å². The van der Waals surface area contributed by atoms with E-state index in [0.717, 1.165) is 37.8 Å². The van der Waals surface area contributed by atoms with Crippen LogP contribution in [0.4, 0.5) is 0 Å². The number of rotatable bonds is 10. The first-order valence-electron chi connectivity index (χ1n) is 11.0. The predicted octanol–water partition coefficient (Wildman–Crippen LogP) is 2.91. The van der Waals surface area contributed by atoms with E-state index in [1.54, 1.807) is 26.1 Å². The van der Waals surface area contributed by atoms with E-state index in [-0.39, 0.29) is 36.4 Å². The van der Waals surface area contributed by atoms with Crippen molar-refractivity contribution in [2.45, 2.75) is 45.1 Å². The number of aliphatic imine (C=N–C) groups is 1. The summed E-state index contributed by atoms with van der Waals surface area (Å²) in [6, 6.07) is 8.77. The highest BCUT2D eigenvalue weighted by atomic mass is 127. The maximum Gasteiger partial charge on any atom is 0.243 e. The number of likely N-dealkylation sites (N-methyl/N-ethyl adjacent to an activating group) is 2. The molecule has 176 valence electrons. The summed E-state index contributed by atoms with van der Waals surface area (Å²) in [6.07, 6.45) is 3.43. The average molecular weight is 546 g/mol. The number of carbonyl (C=O) groups is 1. The Morgan fingerprint density at radius 3 is 2.61 bits per heavy atom. The number of likely N-dealkylation sites (tertiary alicyclic amines) is 1. The summed E-state index contributed by atoms with van der Waals surface area (Å²) in [4.78, 5) is 20.6. The van der Waals surface area contributed by atoms with Crippen molar-refractivity contribution in [1.82, 2.24) is 20.4 Å². The lowest BCUT2D eigenvalue weighted by Gasteiger charge is -2.24. The number of methoxy groups -OCH3 is 1. The molecule has 1 aliphatic heterocycles. The quantitative estimate of drug-likeness (QED) is 0.269. The molecule has 31 heavy (non-hydrogen) atoms. The average Bonchev–Trinajstić information content (AvgIpc) is 3.22. The highest BCUT2D eigenvalue weighted by Crippen LogP contribution is 2.21. The van der Waals surface area contributed by atoms with Gasteiger partial charge in [-0.2, -0.15) is 0 Å². The third kappa shape index (κ3) is 9.22. The number of ether oxygens (including phenoxy) is 1. The molecule has 0 radical (unpaired) electrons. The Bertz CT molecular complexity index is 681. The van der Waals surface area contributed by atoms with Gasteiger partial charge in [-0.05, 0) is 56.0 Å². The molecule has 2 rings (SSSR count). The lowest BCUT2D eigenvalue weighted by Crippen LogP contribution is -2.45. The molecule has 0 aromatic heterocycles. The van der Waals surface area contributed by atoms with Crippen LogP contribution in [-0.2, 0) is 4.79 Å². The van der Waals surface area contributed by atoms with Gasteiger partial charge in [0.1, 0.15) is 12.3 Å². The van der Waals surface area contributed by atoms with Gasteiger partial charge in [-0.25, -0.2) is 4.99 Å². The predicted molar refractivity (Wildman–Crippen MR) is 139 cm³/mol. The number of guanidine groups is 1. The number of carbonyl (C=O) groups excluding carboxylic acids is 1. The number of hydrogen-bond acceptors (Lipinski definition) is 4. The van der Waals surface area contributed by atoms with Crippen molar-refractivity contribution in [3.63, 3.8) is 0 Å². The molecule has 1 saturated heterocycles. The molecule has 1 amide bonds. The summed E-state index contributed by atoms with van der Waals surface area (Å²) in [5, 5.41) is 6.88. The third-order valence-corrected chi connectivity index (χ3v) is 5.84. The maximum absolute atomic E-state index is 12.0. The molecular weight excluding hydrogens is 505 g/mol. The number of halogens is 1. The highest BCUT2D eigenvalue weighted by molar-refractivity contribution is 14.0. The van der Waals surface area contributed by atoms with E-state index in [0.29, 0.717) is 12.0 Å². The maximum atomic E-state index is 12.0. The van der Waals surface area contributed by atoms with Gasteiger partial charge >= 0.3 is 0 Å². The van der Waals surface area contributed by atoms with Crippen molar-refractivity contribution in [3.8, 4) is 5.75 Å². The van der Waals surface area contributed by atoms with Crippen LogP contribution < -0.4 is 15.4 Å². The van der Waals surface area contributed by atoms with Crippen LogP contribution in [0.5, 0.6) is 5.75 Å². The van der Waals surface area contributed by atoms with Crippen molar-refractivity contribution < 1.29 is 9.53 Å². The van der Waals surface area contributed by atoms with E-state index in [2.05, 4.69) is 46.5 Å². The van der Waals surface area contributed by atoms with Crippen molar-refractivity contribution in [3.05, 3.63) is 29.8 Å². The molecule has 0 bridgehead atoms. The molecule has 2 atom stereocenters. The minimum Gasteiger partial charge on any atom is -0.497 e. The Kier molecular flexibility index (Phi) is 12.9. The Labute approximate surface area is 205 Å². The summed E-state index contributed by atoms with van der Waals surface area (Å²) in [5.41, 5.74) is 1.29. The Hall–Kier alpha value is -1.55. The fraction of sp³-hybridized carbons (Fsp3) is 0.652. The molecule has 1 fully saturated rings. The van der Waals surface area contributed by atoms with Crippen molar-refractivity contribution in [1.29, 1.82) is 0 Å². The van der Waals surface area contributed by atoms with Gasteiger partial charge in [-0.15, -0.1) is 24.0 Å². The molecule has 2 N–H and O–H groups in total. The van der Waals surface area contributed by atoms with Crippen molar-refractivity contribution in [2.24, 2.45) is 4.99 Å². The lowest BCUT2D eigenvalue weighted by molar-refractivity contribution is -0.127. The number of hydrogen-bond donors (Lipinski definition) is 2. The summed E-state index contributed by atoms with van der Waals surface area (Å²) in [7, 11) is 5.20. The van der Waals surface area contributed by atoms with E-state index >= 15 is 0 Å². The van der Waals surface area contributed by atoms with Crippen LogP contribution in [-0.4, -0.2) is 81.6 Å². The lowest BCUT2D eigenvalue weighted by atomic mass is 9.98. The monoisotopic (exact) mass is 545 g/mol. The Morgan fingerprint density at radius 1 is 1.29 bits per heavy atom. The topological polar surface area (TPSA) is 69.2 Å². The number of amides is 1. The first-order chi connectivity index (χ1) is 14.4. The molecule has 7 nitrogen and oxygen atoms in total. The molecule has 1 heterocycles. The van der Waals surface area contributed by atoms with Gasteiger partial charge in [-0.1, -0.05) is 26.0 Å². The largest absolute Gasteiger partial charge is 0.497 e. The van der Waals surface area contributed by atoms with Crippen LogP contribution in [0.15, 0.2) is 29.3 Å². The van der Waals surface area contributed by atoms with E-state index < -0.39 is 0 Å². The number of nitrogens with zero attached hydrogens (tertiary/aromatic N) is 3. The zero-order valence-electron chi connectivity index (χ0n) is 19.7. The molecule has 8 heteroatoms. The van der Waals surface area contributed by atoms with Gasteiger partial charge in [0.05, 0.1) is 7.11 Å². The zero-order chi connectivity index (χ0) is 21.9. The fourth-order valence-corrected chi connectivity index (χ4v) is 3.73. The summed E-state index contributed by atoms with van der Waals surface area (Å²) < 4.78 is 5.24. The minimum absolute atomic E-state index is 0. The Balaban J connectivity index is 0.00000480. The van der Waals surface area contributed by atoms with E-state index in [9.17, 15) is 4.79 Å². The first kappa shape index (κ1) is 27.5. The second-order valence-electron chi connectivity index (χ2n) is 8.15. The van der Waals surface area contributed by atoms with Gasteiger partial charge in [0.15, 0.2) is 5.96 Å². The highest BCUT2D eigenvalue weighted by Gasteiger charge is 2.22. The summed E-state index contributed by atoms with van der Waals surface area (Å²) in [6.45, 7) is 8.47. The molecule has 0 saturated carbocycles. The number of nitrogens with one attached hydrogen (secondary N) is 2.